The van der Waals surface area contributed by atoms with Crippen LogP contribution in [0.2, 0.25) is 0 Å². The lowest BCUT2D eigenvalue weighted by Crippen LogP contribution is -2.19. The molecule has 0 unspecified atom stereocenters. The van der Waals surface area contributed by atoms with Crippen molar-refractivity contribution in [1.82, 2.24) is 0 Å². The topological polar surface area (TPSA) is 69.4 Å². The first-order valence-electron chi connectivity index (χ1n) is 12.2. The molecule has 5 nitrogen and oxygen atoms in total. The van der Waals surface area contributed by atoms with E-state index in [1.165, 1.54) is 24.3 Å². The molecule has 4 rings (SSSR count). The monoisotopic (exact) mass is 517 g/mol. The molecule has 0 saturated carbocycles. The van der Waals surface area contributed by atoms with E-state index in [1.807, 2.05) is 49.4 Å². The minimum atomic E-state index is -4.26. The van der Waals surface area contributed by atoms with Gasteiger partial charge in [-0.15, -0.1) is 0 Å². The van der Waals surface area contributed by atoms with Crippen molar-refractivity contribution >= 4 is 27.1 Å². The highest BCUT2D eigenvalue weighted by atomic mass is 32.2. The van der Waals surface area contributed by atoms with Crippen molar-refractivity contribution in [3.05, 3.63) is 125 Å². The molecule has 1 aliphatic carbocycles. The average molecular weight is 518 g/mol. The van der Waals surface area contributed by atoms with Gasteiger partial charge in [-0.25, -0.2) is 8.97 Å². The van der Waals surface area contributed by atoms with E-state index >= 15 is 0 Å². The summed E-state index contributed by atoms with van der Waals surface area (Å²) < 4.78 is 48.2. The normalized spacial score (nSPS) is 13.1. The molecule has 0 spiro atoms. The lowest BCUT2D eigenvalue weighted by Gasteiger charge is -2.15. The lowest BCUT2D eigenvalue weighted by atomic mass is 9.90. The summed E-state index contributed by atoms with van der Waals surface area (Å²) in [6.45, 7) is 6.11. The Labute approximate surface area is 217 Å². The molecule has 0 radical (unpaired) electrons. The Kier molecular flexibility index (Phi) is 8.16. The molecule has 190 valence electrons. The highest BCUT2D eigenvalue weighted by Crippen LogP contribution is 2.30. The van der Waals surface area contributed by atoms with E-state index in [4.69, 9.17) is 0 Å². The van der Waals surface area contributed by atoms with Crippen molar-refractivity contribution < 1.29 is 21.9 Å². The highest BCUT2D eigenvalue weighted by Gasteiger charge is 2.17. The number of halogens is 1. The first kappa shape index (κ1) is 26.3. The Morgan fingerprint density at radius 3 is 2.08 bits per heavy atom. The van der Waals surface area contributed by atoms with E-state index in [0.717, 1.165) is 45.8 Å². The second kappa shape index (κ2) is 11.5. The Morgan fingerprint density at radius 1 is 0.892 bits per heavy atom. The maximum atomic E-state index is 13.7. The molecule has 3 aromatic carbocycles. The molecule has 0 atom stereocenters. The van der Waals surface area contributed by atoms with Crippen molar-refractivity contribution in [3.8, 4) is 0 Å². The van der Waals surface area contributed by atoms with E-state index in [-0.39, 0.29) is 10.7 Å². The third-order valence-corrected chi connectivity index (χ3v) is 7.01. The van der Waals surface area contributed by atoms with Gasteiger partial charge >= 0.3 is 0 Å². The van der Waals surface area contributed by atoms with Crippen LogP contribution in [0.25, 0.3) is 5.57 Å². The molecular weight excluding hydrogens is 487 g/mol. The standard InChI is InChI=1S/C30H29FN2O3S/c1-3-32-27-16-10-24(11-17-27)30(23-8-14-26(31)15-9-23)25-12-18-28(19-13-25)33(4-2)21-22-6-5-7-29(20-22)37(34,35)36/h5-20H,3-4,21H2,1-2H3,(H,34,35,36)/p+1. The van der Waals surface area contributed by atoms with Gasteiger partial charge in [-0.1, -0.05) is 36.4 Å². The number of hydrogen-bond donors (Lipinski definition) is 2. The van der Waals surface area contributed by atoms with Gasteiger partial charge in [0.2, 0.25) is 0 Å². The van der Waals surface area contributed by atoms with Crippen LogP contribution in [-0.4, -0.2) is 36.3 Å². The van der Waals surface area contributed by atoms with Crippen LogP contribution < -0.4 is 5.32 Å². The minimum absolute atomic E-state index is 0.116. The predicted molar refractivity (Wildman–Crippen MR) is 147 cm³/mol. The quantitative estimate of drug-likeness (QED) is 0.280. The third kappa shape index (κ3) is 6.50. The molecule has 7 heteroatoms. The molecule has 0 aromatic heterocycles. The average Bonchev–Trinajstić information content (AvgIpc) is 2.90. The summed E-state index contributed by atoms with van der Waals surface area (Å²) in [6.07, 6.45) is 8.15. The van der Waals surface area contributed by atoms with Gasteiger partial charge in [0, 0.05) is 29.9 Å². The fourth-order valence-corrected chi connectivity index (χ4v) is 4.88. The first-order chi connectivity index (χ1) is 17.8. The second-order valence-corrected chi connectivity index (χ2v) is 10.1. The molecule has 2 N–H and O–H groups in total. The maximum absolute atomic E-state index is 13.7. The maximum Gasteiger partial charge on any atom is 0.294 e. The molecule has 37 heavy (non-hydrogen) atoms. The largest absolute Gasteiger partial charge is 0.385 e. The lowest BCUT2D eigenvalue weighted by molar-refractivity contribution is -0.539. The zero-order chi connectivity index (χ0) is 26.4. The van der Waals surface area contributed by atoms with E-state index in [9.17, 15) is 17.4 Å². The zero-order valence-corrected chi connectivity index (χ0v) is 21.7. The Morgan fingerprint density at radius 2 is 1.51 bits per heavy atom. The summed E-state index contributed by atoms with van der Waals surface area (Å²) >= 11 is 0. The van der Waals surface area contributed by atoms with Gasteiger partial charge < -0.3 is 5.32 Å². The molecule has 0 amide bonds. The second-order valence-electron chi connectivity index (χ2n) is 8.67. The summed E-state index contributed by atoms with van der Waals surface area (Å²) in [5.41, 5.74) is 6.73. The fraction of sp³-hybridized carbons (Fsp3) is 0.167. The smallest absolute Gasteiger partial charge is 0.294 e. The number of benzene rings is 3. The number of rotatable bonds is 8. The summed E-state index contributed by atoms with van der Waals surface area (Å²) in [6, 6.07) is 21.0. The molecule has 0 saturated heterocycles. The van der Waals surface area contributed by atoms with Gasteiger partial charge in [0.25, 0.3) is 10.1 Å². The van der Waals surface area contributed by atoms with E-state index in [2.05, 4.69) is 28.9 Å². The number of nitrogens with one attached hydrogen (secondary N) is 1. The zero-order valence-electron chi connectivity index (χ0n) is 20.9. The van der Waals surface area contributed by atoms with Gasteiger partial charge in [-0.05, 0) is 84.7 Å². The van der Waals surface area contributed by atoms with Crippen LogP contribution >= 0.6 is 0 Å². The van der Waals surface area contributed by atoms with Gasteiger partial charge in [-0.3, -0.25) is 4.55 Å². The van der Waals surface area contributed by atoms with Crippen LogP contribution in [0.5, 0.6) is 0 Å². The van der Waals surface area contributed by atoms with Crippen molar-refractivity contribution in [1.29, 1.82) is 0 Å². The molecule has 1 aliphatic rings. The molecule has 0 aliphatic heterocycles. The molecule has 0 heterocycles. The molecule has 3 aromatic rings. The summed E-state index contributed by atoms with van der Waals surface area (Å²) in [5.74, 6) is -0.280. The Bertz CT molecular complexity index is 1480. The van der Waals surface area contributed by atoms with Crippen LogP contribution in [0, 0.1) is 5.82 Å². The van der Waals surface area contributed by atoms with Gasteiger partial charge in [0.1, 0.15) is 12.4 Å². The van der Waals surface area contributed by atoms with Crippen molar-refractivity contribution in [3.63, 3.8) is 0 Å². The Hall–Kier alpha value is -3.81. The number of anilines is 1. The van der Waals surface area contributed by atoms with E-state index in [1.54, 1.807) is 18.2 Å². The van der Waals surface area contributed by atoms with Crippen molar-refractivity contribution in [2.75, 3.05) is 18.4 Å². The minimum Gasteiger partial charge on any atom is -0.385 e. The van der Waals surface area contributed by atoms with Crippen LogP contribution in [0.15, 0.2) is 108 Å². The van der Waals surface area contributed by atoms with Crippen LogP contribution in [-0.2, 0) is 16.7 Å². The van der Waals surface area contributed by atoms with Crippen molar-refractivity contribution in [2.45, 2.75) is 25.3 Å². The molecular formula is C30H30FN2O3S+. The van der Waals surface area contributed by atoms with E-state index < -0.39 is 10.1 Å². The Balaban J connectivity index is 1.71. The van der Waals surface area contributed by atoms with Crippen LogP contribution in [0.3, 0.4) is 0 Å². The fourth-order valence-electron chi connectivity index (χ4n) is 4.32. The number of nitrogens with zero attached hydrogens (tertiary/aromatic N) is 1. The number of hydrogen-bond acceptors (Lipinski definition) is 3. The van der Waals surface area contributed by atoms with Gasteiger partial charge in [0.05, 0.1) is 4.90 Å². The summed E-state index contributed by atoms with van der Waals surface area (Å²) in [5, 5.41) is 3.31. The first-order valence-corrected chi connectivity index (χ1v) is 13.6. The summed E-state index contributed by atoms with van der Waals surface area (Å²) in [7, 11) is -4.26. The molecule has 0 fully saturated rings. The van der Waals surface area contributed by atoms with Gasteiger partial charge in [-0.2, -0.15) is 8.42 Å². The molecule has 0 bridgehead atoms. The van der Waals surface area contributed by atoms with Gasteiger partial charge in [0.15, 0.2) is 12.3 Å². The predicted octanol–water partition coefficient (Wildman–Crippen LogP) is 6.11. The van der Waals surface area contributed by atoms with Crippen LogP contribution in [0.4, 0.5) is 10.1 Å². The number of allylic oxidation sites excluding steroid dienone is 5. The summed E-state index contributed by atoms with van der Waals surface area (Å²) in [4.78, 5) is -0.116. The van der Waals surface area contributed by atoms with Crippen molar-refractivity contribution in [2.24, 2.45) is 0 Å². The van der Waals surface area contributed by atoms with E-state index in [0.29, 0.717) is 13.1 Å². The third-order valence-electron chi connectivity index (χ3n) is 6.16. The van der Waals surface area contributed by atoms with Crippen LogP contribution in [0.1, 0.15) is 30.5 Å². The highest BCUT2D eigenvalue weighted by molar-refractivity contribution is 7.85. The SMILES string of the molecule is CCNc1ccc(C(=C2C=CC(=[N+](CC)Cc3cccc(S(=O)(=O)O)c3)C=C2)c2ccc(F)cc2)cc1.